The molecular formula is C14H22N4O2S. The summed E-state index contributed by atoms with van der Waals surface area (Å²) < 4.78 is 27.8. The molecule has 1 aromatic carbocycles. The molecule has 0 aliphatic carbocycles. The second-order valence-corrected chi connectivity index (χ2v) is 7.40. The lowest BCUT2D eigenvalue weighted by Gasteiger charge is -2.39. The third-order valence-electron chi connectivity index (χ3n) is 3.99. The summed E-state index contributed by atoms with van der Waals surface area (Å²) in [5, 5.41) is 7.82. The number of sulfonamides is 1. The Bertz CT molecular complexity index is 634. The first-order chi connectivity index (χ1) is 9.75. The number of amidine groups is 1. The first-order valence-electron chi connectivity index (χ1n) is 6.89. The number of hydrogen-bond donors (Lipinski definition) is 3. The molecule has 0 radical (unpaired) electrons. The van der Waals surface area contributed by atoms with Gasteiger partial charge in [0.15, 0.2) is 0 Å². The molecule has 1 heterocycles. The number of nitrogens with two attached hydrogens (primary N) is 1. The molecule has 0 atom stereocenters. The minimum atomic E-state index is -3.69. The molecule has 1 aliphatic heterocycles. The van der Waals surface area contributed by atoms with Crippen LogP contribution in [0.5, 0.6) is 0 Å². The van der Waals surface area contributed by atoms with Crippen molar-refractivity contribution in [3.63, 3.8) is 0 Å². The Balaban J connectivity index is 2.30. The highest BCUT2D eigenvalue weighted by molar-refractivity contribution is 7.89. The molecule has 0 amide bonds. The highest BCUT2D eigenvalue weighted by Crippen LogP contribution is 2.24. The molecule has 116 valence electrons. The van der Waals surface area contributed by atoms with Crippen LogP contribution in [-0.4, -0.2) is 44.8 Å². The lowest BCUT2D eigenvalue weighted by Crippen LogP contribution is -2.61. The van der Waals surface area contributed by atoms with E-state index in [4.69, 9.17) is 11.1 Å². The van der Waals surface area contributed by atoms with E-state index in [0.717, 1.165) is 5.56 Å². The Kier molecular flexibility index (Phi) is 4.36. The SMILES string of the molecule is Cc1cccc(S(=O)(=O)NC2(C(=N)N)CCN(C)CC2)c1. The maximum atomic E-state index is 12.6. The Labute approximate surface area is 125 Å². The van der Waals surface area contributed by atoms with Crippen LogP contribution < -0.4 is 10.5 Å². The van der Waals surface area contributed by atoms with E-state index in [1.807, 2.05) is 20.0 Å². The molecule has 1 fully saturated rings. The van der Waals surface area contributed by atoms with Crippen molar-refractivity contribution in [3.05, 3.63) is 29.8 Å². The third-order valence-corrected chi connectivity index (χ3v) is 5.52. The van der Waals surface area contributed by atoms with Crippen LogP contribution in [-0.2, 0) is 10.0 Å². The van der Waals surface area contributed by atoms with E-state index in [1.54, 1.807) is 18.2 Å². The topological polar surface area (TPSA) is 99.3 Å². The van der Waals surface area contributed by atoms with E-state index in [0.29, 0.717) is 25.9 Å². The normalized spacial score (nSPS) is 19.3. The van der Waals surface area contributed by atoms with Crippen molar-refractivity contribution in [2.24, 2.45) is 5.73 Å². The average molecular weight is 310 g/mol. The fourth-order valence-corrected chi connectivity index (χ4v) is 4.07. The number of likely N-dealkylation sites (tertiary alicyclic amines) is 1. The van der Waals surface area contributed by atoms with E-state index < -0.39 is 15.6 Å². The monoisotopic (exact) mass is 310 g/mol. The van der Waals surface area contributed by atoms with Gasteiger partial charge in [-0.15, -0.1) is 0 Å². The summed E-state index contributed by atoms with van der Waals surface area (Å²) in [6.07, 6.45) is 1.01. The van der Waals surface area contributed by atoms with Crippen LogP contribution in [0.1, 0.15) is 18.4 Å². The quantitative estimate of drug-likeness (QED) is 0.562. The number of nitrogens with zero attached hydrogens (tertiary/aromatic N) is 1. The number of rotatable bonds is 4. The number of benzene rings is 1. The second-order valence-electron chi connectivity index (χ2n) is 5.72. The molecule has 1 aliphatic rings. The van der Waals surface area contributed by atoms with Gasteiger partial charge in [-0.3, -0.25) is 5.41 Å². The van der Waals surface area contributed by atoms with Gasteiger partial charge in [0.25, 0.3) is 0 Å². The summed E-state index contributed by atoms with van der Waals surface area (Å²) in [7, 11) is -1.72. The molecular weight excluding hydrogens is 288 g/mol. The highest BCUT2D eigenvalue weighted by atomic mass is 32.2. The molecule has 6 nitrogen and oxygen atoms in total. The van der Waals surface area contributed by atoms with Crippen molar-refractivity contribution in [2.75, 3.05) is 20.1 Å². The van der Waals surface area contributed by atoms with Crippen molar-refractivity contribution in [2.45, 2.75) is 30.2 Å². The number of aryl methyl sites for hydroxylation is 1. The summed E-state index contributed by atoms with van der Waals surface area (Å²) in [5.41, 5.74) is 5.60. The molecule has 0 bridgehead atoms. The fourth-order valence-electron chi connectivity index (χ4n) is 2.53. The van der Waals surface area contributed by atoms with E-state index in [1.165, 1.54) is 0 Å². The Hall–Kier alpha value is -1.44. The average Bonchev–Trinajstić information content (AvgIpc) is 2.41. The van der Waals surface area contributed by atoms with Crippen molar-refractivity contribution in [3.8, 4) is 0 Å². The summed E-state index contributed by atoms with van der Waals surface area (Å²) >= 11 is 0. The zero-order chi connectivity index (χ0) is 15.7. The van der Waals surface area contributed by atoms with Gasteiger partial charge >= 0.3 is 0 Å². The van der Waals surface area contributed by atoms with Crippen LogP contribution >= 0.6 is 0 Å². The smallest absolute Gasteiger partial charge is 0.241 e. The van der Waals surface area contributed by atoms with Crippen molar-refractivity contribution in [1.82, 2.24) is 9.62 Å². The van der Waals surface area contributed by atoms with Crippen molar-refractivity contribution in [1.29, 1.82) is 5.41 Å². The van der Waals surface area contributed by atoms with Crippen molar-refractivity contribution < 1.29 is 8.42 Å². The summed E-state index contributed by atoms with van der Waals surface area (Å²) in [4.78, 5) is 2.31. The lowest BCUT2D eigenvalue weighted by molar-refractivity contribution is 0.218. The maximum Gasteiger partial charge on any atom is 0.241 e. The predicted molar refractivity (Wildman–Crippen MR) is 82.9 cm³/mol. The van der Waals surface area contributed by atoms with Gasteiger partial charge in [-0.05, 0) is 44.5 Å². The molecule has 21 heavy (non-hydrogen) atoms. The summed E-state index contributed by atoms with van der Waals surface area (Å²) in [6, 6.07) is 6.72. The minimum absolute atomic E-state index is 0.119. The van der Waals surface area contributed by atoms with Gasteiger partial charge in [0.2, 0.25) is 10.0 Å². The van der Waals surface area contributed by atoms with Gasteiger partial charge < -0.3 is 10.6 Å². The second kappa shape index (κ2) is 5.75. The van der Waals surface area contributed by atoms with Gasteiger partial charge in [0, 0.05) is 13.1 Å². The largest absolute Gasteiger partial charge is 0.386 e. The van der Waals surface area contributed by atoms with Crippen LogP contribution in [0.25, 0.3) is 0 Å². The van der Waals surface area contributed by atoms with Gasteiger partial charge in [0.05, 0.1) is 10.4 Å². The standard InChI is InChI=1S/C14H22N4O2S/c1-11-4-3-5-12(10-11)21(19,20)17-14(13(15)16)6-8-18(2)9-7-14/h3-5,10,17H,6-9H2,1-2H3,(H3,15,16). The molecule has 4 N–H and O–H groups in total. The molecule has 0 unspecified atom stereocenters. The first kappa shape index (κ1) is 15.9. The van der Waals surface area contributed by atoms with E-state index in [2.05, 4.69) is 9.62 Å². The predicted octanol–water partition coefficient (Wildman–Crippen LogP) is 0.674. The van der Waals surface area contributed by atoms with Gasteiger partial charge in [-0.2, -0.15) is 4.72 Å². The fraction of sp³-hybridized carbons (Fsp3) is 0.500. The Morgan fingerprint density at radius 3 is 2.52 bits per heavy atom. The molecule has 0 spiro atoms. The molecule has 7 heteroatoms. The zero-order valence-electron chi connectivity index (χ0n) is 12.4. The molecule has 0 saturated carbocycles. The number of hydrogen-bond acceptors (Lipinski definition) is 4. The zero-order valence-corrected chi connectivity index (χ0v) is 13.2. The van der Waals surface area contributed by atoms with Crippen LogP contribution in [0.3, 0.4) is 0 Å². The molecule has 2 rings (SSSR count). The number of nitrogens with one attached hydrogen (secondary N) is 2. The van der Waals surface area contributed by atoms with Crippen LogP contribution in [0.2, 0.25) is 0 Å². The molecule has 1 saturated heterocycles. The van der Waals surface area contributed by atoms with Crippen LogP contribution in [0.4, 0.5) is 0 Å². The van der Waals surface area contributed by atoms with E-state index >= 15 is 0 Å². The van der Waals surface area contributed by atoms with E-state index in [9.17, 15) is 8.42 Å². The van der Waals surface area contributed by atoms with Crippen LogP contribution in [0.15, 0.2) is 29.2 Å². The van der Waals surface area contributed by atoms with Gasteiger partial charge in [0.1, 0.15) is 5.84 Å². The maximum absolute atomic E-state index is 12.6. The number of piperidine rings is 1. The Morgan fingerprint density at radius 2 is 2.00 bits per heavy atom. The van der Waals surface area contributed by atoms with Gasteiger partial charge in [-0.1, -0.05) is 12.1 Å². The highest BCUT2D eigenvalue weighted by Gasteiger charge is 2.40. The summed E-state index contributed by atoms with van der Waals surface area (Å²) in [5.74, 6) is -0.119. The van der Waals surface area contributed by atoms with E-state index in [-0.39, 0.29) is 10.7 Å². The minimum Gasteiger partial charge on any atom is -0.386 e. The van der Waals surface area contributed by atoms with Crippen LogP contribution in [0, 0.1) is 12.3 Å². The Morgan fingerprint density at radius 1 is 1.38 bits per heavy atom. The lowest BCUT2D eigenvalue weighted by atomic mass is 9.88. The van der Waals surface area contributed by atoms with Crippen molar-refractivity contribution >= 4 is 15.9 Å². The summed E-state index contributed by atoms with van der Waals surface area (Å²) in [6.45, 7) is 3.25. The van der Waals surface area contributed by atoms with Gasteiger partial charge in [-0.25, -0.2) is 8.42 Å². The molecule has 0 aromatic heterocycles. The third kappa shape index (κ3) is 3.42. The molecule has 1 aromatic rings. The first-order valence-corrected chi connectivity index (χ1v) is 8.37.